The number of nitrogens with two attached hydrogens (primary N) is 2. The predicted octanol–water partition coefficient (Wildman–Crippen LogP) is -0.624. The molecule has 1 aliphatic heterocycles. The largest absolute Gasteiger partial charge is 0.381 e. The summed E-state index contributed by atoms with van der Waals surface area (Å²) in [6, 6.07) is 8.90. The van der Waals surface area contributed by atoms with E-state index in [9.17, 15) is 9.59 Å². The lowest BCUT2D eigenvalue weighted by molar-refractivity contribution is -0.135. The van der Waals surface area contributed by atoms with Crippen LogP contribution >= 0.6 is 0 Å². The summed E-state index contributed by atoms with van der Waals surface area (Å²) in [5.74, 6) is -2.38. The number of hydrogen-bond donors (Lipinski definition) is 2. The Hall–Kier alpha value is -2.37. The zero-order valence-corrected chi connectivity index (χ0v) is 8.87. The minimum Gasteiger partial charge on any atom is -0.381 e. The fourth-order valence-corrected chi connectivity index (χ4v) is 1.72. The van der Waals surface area contributed by atoms with Crippen LogP contribution in [0.25, 0.3) is 0 Å². The maximum Gasteiger partial charge on any atom is 0.262 e. The summed E-state index contributed by atoms with van der Waals surface area (Å²) >= 11 is 0. The van der Waals surface area contributed by atoms with Gasteiger partial charge in [-0.1, -0.05) is 35.5 Å². The highest BCUT2D eigenvalue weighted by Gasteiger charge is 2.42. The molecule has 0 fully saturated rings. The van der Waals surface area contributed by atoms with E-state index >= 15 is 0 Å². The van der Waals surface area contributed by atoms with Crippen LogP contribution in [-0.4, -0.2) is 23.6 Å². The molecule has 0 spiro atoms. The molecule has 2 amide bonds. The second-order valence-electron chi connectivity index (χ2n) is 3.65. The molecule has 2 unspecified atom stereocenters. The van der Waals surface area contributed by atoms with Crippen molar-refractivity contribution in [3.63, 3.8) is 0 Å². The first-order valence-corrected chi connectivity index (χ1v) is 4.99. The summed E-state index contributed by atoms with van der Waals surface area (Å²) in [7, 11) is 0. The van der Waals surface area contributed by atoms with E-state index in [-0.39, 0.29) is 0 Å². The van der Waals surface area contributed by atoms with Crippen molar-refractivity contribution in [2.75, 3.05) is 0 Å². The Morgan fingerprint density at radius 2 is 1.76 bits per heavy atom. The average molecular weight is 233 g/mol. The minimum absolute atomic E-state index is 0.335. The average Bonchev–Trinajstić information content (AvgIpc) is 2.74. The van der Waals surface area contributed by atoms with Crippen molar-refractivity contribution in [1.82, 2.24) is 0 Å². The molecule has 0 aromatic heterocycles. The Morgan fingerprint density at radius 3 is 2.29 bits per heavy atom. The molecule has 4 N–H and O–H groups in total. The first-order chi connectivity index (χ1) is 8.11. The van der Waals surface area contributed by atoms with Crippen LogP contribution in [0.15, 0.2) is 35.5 Å². The highest BCUT2D eigenvalue weighted by Crippen LogP contribution is 2.22. The maximum atomic E-state index is 11.4. The lowest BCUT2D eigenvalue weighted by Crippen LogP contribution is -2.43. The van der Waals surface area contributed by atoms with Gasteiger partial charge in [0.25, 0.3) is 5.91 Å². The van der Waals surface area contributed by atoms with E-state index in [2.05, 4.69) is 5.16 Å². The van der Waals surface area contributed by atoms with E-state index in [0.29, 0.717) is 11.3 Å². The number of hydrogen-bond acceptors (Lipinski definition) is 4. The van der Waals surface area contributed by atoms with Crippen molar-refractivity contribution in [3.05, 3.63) is 35.9 Å². The van der Waals surface area contributed by atoms with Gasteiger partial charge in [0.1, 0.15) is 11.6 Å². The molecular weight excluding hydrogens is 222 g/mol. The van der Waals surface area contributed by atoms with Crippen molar-refractivity contribution in [3.8, 4) is 0 Å². The summed E-state index contributed by atoms with van der Waals surface area (Å²) in [5.41, 5.74) is 11.4. The van der Waals surface area contributed by atoms with Gasteiger partial charge in [-0.2, -0.15) is 0 Å². The molecule has 0 aliphatic carbocycles. The molecule has 1 aliphatic rings. The number of rotatable bonds is 3. The third-order valence-corrected chi connectivity index (χ3v) is 2.52. The number of benzene rings is 1. The molecule has 0 bridgehead atoms. The summed E-state index contributed by atoms with van der Waals surface area (Å²) in [6.45, 7) is 0. The van der Waals surface area contributed by atoms with Crippen LogP contribution in [0.5, 0.6) is 0 Å². The molecule has 88 valence electrons. The van der Waals surface area contributed by atoms with Gasteiger partial charge < -0.3 is 16.3 Å². The number of nitrogens with zero attached hydrogens (tertiary/aromatic N) is 1. The van der Waals surface area contributed by atoms with E-state index in [1.54, 1.807) is 24.3 Å². The summed E-state index contributed by atoms with van der Waals surface area (Å²) in [6.07, 6.45) is -1.12. The van der Waals surface area contributed by atoms with Crippen molar-refractivity contribution < 1.29 is 14.4 Å². The van der Waals surface area contributed by atoms with Crippen molar-refractivity contribution in [1.29, 1.82) is 0 Å². The van der Waals surface area contributed by atoms with Crippen molar-refractivity contribution in [2.24, 2.45) is 22.5 Å². The second-order valence-corrected chi connectivity index (χ2v) is 3.65. The van der Waals surface area contributed by atoms with Crippen LogP contribution in [-0.2, 0) is 14.4 Å². The minimum atomic E-state index is -1.12. The molecule has 2 atom stereocenters. The van der Waals surface area contributed by atoms with Gasteiger partial charge in [0, 0.05) is 5.56 Å². The van der Waals surface area contributed by atoms with Crippen LogP contribution in [0.1, 0.15) is 5.56 Å². The first-order valence-electron chi connectivity index (χ1n) is 4.99. The molecule has 0 saturated heterocycles. The van der Waals surface area contributed by atoms with Crippen LogP contribution < -0.4 is 11.5 Å². The second kappa shape index (κ2) is 4.25. The zero-order valence-electron chi connectivity index (χ0n) is 8.87. The Kier molecular flexibility index (Phi) is 2.78. The fraction of sp³-hybridized carbons (Fsp3) is 0.182. The van der Waals surface area contributed by atoms with Gasteiger partial charge >= 0.3 is 0 Å². The lowest BCUT2D eigenvalue weighted by Gasteiger charge is -2.12. The highest BCUT2D eigenvalue weighted by molar-refractivity contribution is 6.16. The SMILES string of the molecule is NC(=O)C1ON=C(c2ccccc2)C1C(N)=O. The Balaban J connectivity index is 2.36. The molecule has 1 aromatic rings. The van der Waals surface area contributed by atoms with Gasteiger partial charge in [0.05, 0.1) is 0 Å². The van der Waals surface area contributed by atoms with Gasteiger partial charge in [-0.3, -0.25) is 9.59 Å². The summed E-state index contributed by atoms with van der Waals surface area (Å²) in [5, 5.41) is 3.73. The normalized spacial score (nSPS) is 22.7. The smallest absolute Gasteiger partial charge is 0.262 e. The van der Waals surface area contributed by atoms with Gasteiger partial charge in [-0.05, 0) is 0 Å². The number of carbonyl (C=O) groups is 2. The molecule has 17 heavy (non-hydrogen) atoms. The topological polar surface area (TPSA) is 108 Å². The standard InChI is InChI=1S/C11H11N3O3/c12-10(15)7-8(6-4-2-1-3-5-6)14-17-9(7)11(13)16/h1-5,7,9H,(H2,12,15)(H2,13,16). The Bertz CT molecular complexity index is 484. The first kappa shape index (κ1) is 11.1. The molecular formula is C11H11N3O3. The van der Waals surface area contributed by atoms with Gasteiger partial charge in [0.15, 0.2) is 0 Å². The quantitative estimate of drug-likeness (QED) is 0.725. The number of primary amides is 2. The van der Waals surface area contributed by atoms with Gasteiger partial charge in [0.2, 0.25) is 12.0 Å². The number of amides is 2. The monoisotopic (exact) mass is 233 g/mol. The lowest BCUT2D eigenvalue weighted by atomic mass is 9.91. The molecule has 0 saturated carbocycles. The van der Waals surface area contributed by atoms with Crippen LogP contribution in [0.2, 0.25) is 0 Å². The van der Waals surface area contributed by atoms with Crippen molar-refractivity contribution >= 4 is 17.5 Å². The predicted molar refractivity (Wildman–Crippen MR) is 59.7 cm³/mol. The third-order valence-electron chi connectivity index (χ3n) is 2.52. The van der Waals surface area contributed by atoms with E-state index < -0.39 is 23.8 Å². The molecule has 1 aromatic carbocycles. The van der Waals surface area contributed by atoms with Crippen LogP contribution in [0.4, 0.5) is 0 Å². The van der Waals surface area contributed by atoms with E-state index in [1.807, 2.05) is 6.07 Å². The van der Waals surface area contributed by atoms with Gasteiger partial charge in [-0.15, -0.1) is 0 Å². The molecule has 1 heterocycles. The van der Waals surface area contributed by atoms with E-state index in [0.717, 1.165) is 0 Å². The summed E-state index contributed by atoms with van der Waals surface area (Å²) in [4.78, 5) is 27.3. The maximum absolute atomic E-state index is 11.4. The third kappa shape index (κ3) is 1.96. The molecule has 0 radical (unpaired) electrons. The zero-order chi connectivity index (χ0) is 12.4. The fourth-order valence-electron chi connectivity index (χ4n) is 1.72. The molecule has 6 heteroatoms. The molecule has 2 rings (SSSR count). The number of carbonyl (C=O) groups excluding carboxylic acids is 2. The Labute approximate surface area is 97.2 Å². The van der Waals surface area contributed by atoms with E-state index in [4.69, 9.17) is 16.3 Å². The van der Waals surface area contributed by atoms with Crippen LogP contribution in [0, 0.1) is 5.92 Å². The van der Waals surface area contributed by atoms with Crippen LogP contribution in [0.3, 0.4) is 0 Å². The Morgan fingerprint density at radius 1 is 1.12 bits per heavy atom. The number of oxime groups is 1. The molecule has 6 nitrogen and oxygen atoms in total. The van der Waals surface area contributed by atoms with Crippen molar-refractivity contribution in [2.45, 2.75) is 6.10 Å². The summed E-state index contributed by atoms with van der Waals surface area (Å²) < 4.78 is 0. The van der Waals surface area contributed by atoms with Gasteiger partial charge in [-0.25, -0.2) is 0 Å². The van der Waals surface area contributed by atoms with E-state index in [1.165, 1.54) is 0 Å². The highest BCUT2D eigenvalue weighted by atomic mass is 16.6.